The highest BCUT2D eigenvalue weighted by Gasteiger charge is 2.04. The number of pyridine rings is 1. The van der Waals surface area contributed by atoms with E-state index >= 15 is 0 Å². The minimum absolute atomic E-state index is 0.512. The predicted molar refractivity (Wildman–Crippen MR) is 82.6 cm³/mol. The number of hydrogen-bond acceptors (Lipinski definition) is 5. The van der Waals surface area contributed by atoms with Crippen LogP contribution in [0.3, 0.4) is 0 Å². The van der Waals surface area contributed by atoms with E-state index in [1.807, 2.05) is 43.5 Å². The zero-order valence-electron chi connectivity index (χ0n) is 11.8. The van der Waals surface area contributed by atoms with E-state index in [0.29, 0.717) is 24.8 Å². The molecule has 0 fully saturated rings. The van der Waals surface area contributed by atoms with Gasteiger partial charge in [-0.2, -0.15) is 4.98 Å². The molecule has 0 atom stereocenters. The van der Waals surface area contributed by atoms with Crippen LogP contribution < -0.4 is 15.8 Å². The number of aromatic nitrogens is 3. The highest BCUT2D eigenvalue weighted by Crippen LogP contribution is 2.14. The van der Waals surface area contributed by atoms with Gasteiger partial charge < -0.3 is 15.8 Å². The zero-order chi connectivity index (χ0) is 14.7. The fourth-order valence-electron chi connectivity index (χ4n) is 2.05. The molecule has 3 aromatic rings. The Morgan fingerprint density at radius 3 is 3.00 bits per heavy atom. The number of nitrogen functional groups attached to an aromatic ring is 1. The molecule has 0 aliphatic rings. The number of anilines is 2. The lowest BCUT2D eigenvalue weighted by Crippen LogP contribution is -2.12. The first-order chi connectivity index (χ1) is 10.2. The molecule has 108 valence electrons. The summed E-state index contributed by atoms with van der Waals surface area (Å²) in [6, 6.07) is 11.3. The molecule has 0 aliphatic carbocycles. The lowest BCUT2D eigenvalue weighted by molar-refractivity contribution is 0.333. The SMILES string of the molecule is Cc1cccn2nc(NCCOc3cccc(N)c3)nc12. The number of fused-ring (bicyclic) bond motifs is 1. The summed E-state index contributed by atoms with van der Waals surface area (Å²) >= 11 is 0. The van der Waals surface area contributed by atoms with E-state index in [9.17, 15) is 0 Å². The minimum Gasteiger partial charge on any atom is -0.492 e. The summed E-state index contributed by atoms with van der Waals surface area (Å²) in [7, 11) is 0. The number of aryl methyl sites for hydroxylation is 1. The molecule has 0 amide bonds. The van der Waals surface area contributed by atoms with Crippen LogP contribution in [0.15, 0.2) is 42.6 Å². The van der Waals surface area contributed by atoms with Gasteiger partial charge in [0.1, 0.15) is 12.4 Å². The molecule has 2 heterocycles. The van der Waals surface area contributed by atoms with E-state index in [2.05, 4.69) is 15.4 Å². The van der Waals surface area contributed by atoms with Gasteiger partial charge in [0.2, 0.25) is 5.95 Å². The molecule has 0 bridgehead atoms. The molecule has 6 heteroatoms. The van der Waals surface area contributed by atoms with E-state index < -0.39 is 0 Å². The van der Waals surface area contributed by atoms with Crippen LogP contribution in [0, 0.1) is 6.92 Å². The summed E-state index contributed by atoms with van der Waals surface area (Å²) in [6.07, 6.45) is 1.88. The Morgan fingerprint density at radius 1 is 1.29 bits per heavy atom. The Morgan fingerprint density at radius 2 is 2.19 bits per heavy atom. The van der Waals surface area contributed by atoms with Crippen LogP contribution in [-0.2, 0) is 0 Å². The van der Waals surface area contributed by atoms with E-state index in [-0.39, 0.29) is 0 Å². The molecule has 0 spiro atoms. The predicted octanol–water partition coefficient (Wildman–Crippen LogP) is 2.11. The van der Waals surface area contributed by atoms with Gasteiger partial charge >= 0.3 is 0 Å². The second-order valence-corrected chi connectivity index (χ2v) is 4.74. The van der Waals surface area contributed by atoms with E-state index in [1.165, 1.54) is 0 Å². The molecule has 0 unspecified atom stereocenters. The summed E-state index contributed by atoms with van der Waals surface area (Å²) < 4.78 is 7.36. The van der Waals surface area contributed by atoms with Gasteiger partial charge in [-0.25, -0.2) is 4.52 Å². The molecule has 2 aromatic heterocycles. The van der Waals surface area contributed by atoms with E-state index in [4.69, 9.17) is 10.5 Å². The molecule has 0 aliphatic heterocycles. The summed E-state index contributed by atoms with van der Waals surface area (Å²) in [5, 5.41) is 7.50. The average molecular weight is 283 g/mol. The maximum atomic E-state index is 5.69. The molecule has 3 N–H and O–H groups in total. The second kappa shape index (κ2) is 5.70. The van der Waals surface area contributed by atoms with Gasteiger partial charge in [-0.15, -0.1) is 5.10 Å². The number of benzene rings is 1. The van der Waals surface area contributed by atoms with Gasteiger partial charge in [-0.05, 0) is 30.7 Å². The van der Waals surface area contributed by atoms with E-state index in [1.54, 1.807) is 10.6 Å². The Hall–Kier alpha value is -2.76. The second-order valence-electron chi connectivity index (χ2n) is 4.74. The topological polar surface area (TPSA) is 77.5 Å². The van der Waals surface area contributed by atoms with E-state index in [0.717, 1.165) is 17.0 Å². The highest BCUT2D eigenvalue weighted by atomic mass is 16.5. The molecular formula is C15H17N5O. The van der Waals surface area contributed by atoms with Crippen LogP contribution >= 0.6 is 0 Å². The van der Waals surface area contributed by atoms with Gasteiger partial charge in [0.15, 0.2) is 5.65 Å². The van der Waals surface area contributed by atoms with Crippen LogP contribution in [0.1, 0.15) is 5.56 Å². The van der Waals surface area contributed by atoms with Crippen LogP contribution in [0.25, 0.3) is 5.65 Å². The summed E-state index contributed by atoms with van der Waals surface area (Å²) in [5.74, 6) is 1.36. The molecule has 0 saturated heterocycles. The molecule has 6 nitrogen and oxygen atoms in total. The standard InChI is InChI=1S/C15H17N5O/c1-11-4-3-8-20-14(11)18-15(19-20)17-7-9-21-13-6-2-5-12(16)10-13/h2-6,8,10H,7,9,16H2,1H3,(H,17,19). The zero-order valence-corrected chi connectivity index (χ0v) is 11.8. The normalized spacial score (nSPS) is 10.7. The fourth-order valence-corrected chi connectivity index (χ4v) is 2.05. The van der Waals surface area contributed by atoms with Gasteiger partial charge in [0.25, 0.3) is 0 Å². The van der Waals surface area contributed by atoms with Gasteiger partial charge in [-0.3, -0.25) is 0 Å². The largest absolute Gasteiger partial charge is 0.492 e. The minimum atomic E-state index is 0.512. The Kier molecular flexibility index (Phi) is 3.59. The molecule has 21 heavy (non-hydrogen) atoms. The summed E-state index contributed by atoms with van der Waals surface area (Å²) in [5.41, 5.74) is 8.34. The number of nitrogens with two attached hydrogens (primary N) is 1. The smallest absolute Gasteiger partial charge is 0.243 e. The first-order valence-electron chi connectivity index (χ1n) is 6.76. The maximum absolute atomic E-state index is 5.69. The maximum Gasteiger partial charge on any atom is 0.243 e. The van der Waals surface area contributed by atoms with Crippen LogP contribution in [0.2, 0.25) is 0 Å². The lowest BCUT2D eigenvalue weighted by atomic mass is 10.3. The van der Waals surface area contributed by atoms with Crippen molar-refractivity contribution in [3.8, 4) is 5.75 Å². The van der Waals surface area contributed by atoms with Crippen molar-refractivity contribution in [2.75, 3.05) is 24.2 Å². The Balaban J connectivity index is 1.56. The van der Waals surface area contributed by atoms with Crippen LogP contribution in [-0.4, -0.2) is 27.7 Å². The average Bonchev–Trinajstić information content (AvgIpc) is 2.88. The molecule has 0 radical (unpaired) electrons. The van der Waals surface area contributed by atoms with Crippen LogP contribution in [0.4, 0.5) is 11.6 Å². The first-order valence-corrected chi connectivity index (χ1v) is 6.76. The van der Waals surface area contributed by atoms with Crippen molar-refractivity contribution in [2.45, 2.75) is 6.92 Å². The third kappa shape index (κ3) is 3.05. The van der Waals surface area contributed by atoms with Crippen molar-refractivity contribution in [1.82, 2.24) is 14.6 Å². The number of ether oxygens (including phenoxy) is 1. The number of hydrogen-bond donors (Lipinski definition) is 2. The number of rotatable bonds is 5. The van der Waals surface area contributed by atoms with Crippen molar-refractivity contribution in [3.63, 3.8) is 0 Å². The number of nitrogens with one attached hydrogen (secondary N) is 1. The molecule has 0 saturated carbocycles. The fraction of sp³-hybridized carbons (Fsp3) is 0.200. The van der Waals surface area contributed by atoms with Crippen molar-refractivity contribution in [2.24, 2.45) is 0 Å². The molecule has 1 aromatic carbocycles. The molecular weight excluding hydrogens is 266 g/mol. The van der Waals surface area contributed by atoms with Crippen molar-refractivity contribution < 1.29 is 4.74 Å². The van der Waals surface area contributed by atoms with Crippen molar-refractivity contribution >= 4 is 17.3 Å². The summed E-state index contributed by atoms with van der Waals surface area (Å²) in [6.45, 7) is 3.14. The molecule has 3 rings (SSSR count). The quantitative estimate of drug-likeness (QED) is 0.554. The highest BCUT2D eigenvalue weighted by molar-refractivity contribution is 5.49. The third-order valence-corrected chi connectivity index (χ3v) is 3.07. The summed E-state index contributed by atoms with van der Waals surface area (Å²) in [4.78, 5) is 4.44. The van der Waals surface area contributed by atoms with Crippen molar-refractivity contribution in [1.29, 1.82) is 0 Å². The van der Waals surface area contributed by atoms with Gasteiger partial charge in [-0.1, -0.05) is 12.1 Å². The monoisotopic (exact) mass is 283 g/mol. The van der Waals surface area contributed by atoms with Gasteiger partial charge in [0, 0.05) is 18.0 Å². The third-order valence-electron chi connectivity index (χ3n) is 3.07. The van der Waals surface area contributed by atoms with Crippen molar-refractivity contribution in [3.05, 3.63) is 48.2 Å². The number of nitrogens with zero attached hydrogens (tertiary/aromatic N) is 3. The van der Waals surface area contributed by atoms with Gasteiger partial charge in [0.05, 0.1) is 6.54 Å². The lowest BCUT2D eigenvalue weighted by Gasteiger charge is -2.06. The first kappa shape index (κ1) is 13.2. The Bertz CT molecular complexity index is 753. The Labute approximate surface area is 122 Å². The van der Waals surface area contributed by atoms with Crippen LogP contribution in [0.5, 0.6) is 5.75 Å².